The van der Waals surface area contributed by atoms with Crippen LogP contribution in [0.15, 0.2) is 12.4 Å². The summed E-state index contributed by atoms with van der Waals surface area (Å²) in [6.45, 7) is 0.741. The van der Waals surface area contributed by atoms with Gasteiger partial charge in [-0.05, 0) is 12.3 Å². The summed E-state index contributed by atoms with van der Waals surface area (Å²) in [5.74, 6) is -0.894. The molecular weight excluding hydrogens is 327 g/mol. The highest BCUT2D eigenvalue weighted by molar-refractivity contribution is 5.96. The average Bonchev–Trinajstić information content (AvgIpc) is 3.09. The molecule has 1 saturated heterocycles. The highest BCUT2D eigenvalue weighted by atomic mass is 19.4. The lowest BCUT2D eigenvalue weighted by molar-refractivity contribution is -0.142. The number of alkyl halides is 3. The van der Waals surface area contributed by atoms with Crippen molar-refractivity contribution in [1.82, 2.24) is 20.0 Å². The first-order valence-electron chi connectivity index (χ1n) is 7.26. The van der Waals surface area contributed by atoms with Crippen LogP contribution in [0.5, 0.6) is 0 Å². The van der Waals surface area contributed by atoms with Crippen LogP contribution in [0, 0.1) is 17.2 Å². The zero-order valence-electron chi connectivity index (χ0n) is 12.9. The Morgan fingerprint density at radius 3 is 2.83 bits per heavy atom. The normalized spacial score (nSPS) is 20.7. The number of nitrogens with one attached hydrogen (secondary N) is 1. The fourth-order valence-corrected chi connectivity index (χ4v) is 2.55. The first-order valence-corrected chi connectivity index (χ1v) is 7.26. The van der Waals surface area contributed by atoms with Crippen molar-refractivity contribution in [2.75, 3.05) is 13.1 Å². The van der Waals surface area contributed by atoms with E-state index in [1.807, 2.05) is 13.0 Å². The molecular formula is C14H16F3N5O2. The molecule has 24 heavy (non-hydrogen) atoms. The molecule has 1 aromatic heterocycles. The summed E-state index contributed by atoms with van der Waals surface area (Å²) in [6, 6.07) is 1.53. The average molecular weight is 343 g/mol. The van der Waals surface area contributed by atoms with Crippen LogP contribution in [-0.4, -0.2) is 51.8 Å². The van der Waals surface area contributed by atoms with Crippen LogP contribution in [0.3, 0.4) is 0 Å². The number of nitriles is 1. The monoisotopic (exact) mass is 343 g/mol. The highest BCUT2D eigenvalue weighted by Gasteiger charge is 2.33. The van der Waals surface area contributed by atoms with E-state index in [1.54, 1.807) is 0 Å². The summed E-state index contributed by atoms with van der Waals surface area (Å²) in [5.41, 5.74) is -0.0707. The molecule has 1 aliphatic rings. The second-order valence-electron chi connectivity index (χ2n) is 5.76. The highest BCUT2D eigenvalue weighted by Crippen LogP contribution is 2.22. The smallest absolute Gasteiger partial charge is 0.343 e. The van der Waals surface area contributed by atoms with E-state index in [0.717, 1.165) is 12.4 Å². The van der Waals surface area contributed by atoms with Crippen molar-refractivity contribution in [1.29, 1.82) is 5.26 Å². The fourth-order valence-electron chi connectivity index (χ4n) is 2.55. The molecule has 2 heterocycles. The van der Waals surface area contributed by atoms with E-state index >= 15 is 0 Å². The number of carbonyl (C=O) groups excluding carboxylic acids is 2. The summed E-state index contributed by atoms with van der Waals surface area (Å²) in [5, 5.41) is 14.8. The third kappa shape index (κ3) is 4.47. The Bertz CT molecular complexity index is 664. The predicted octanol–water partition coefficient (Wildman–Crippen LogP) is 0.936. The van der Waals surface area contributed by atoms with E-state index in [4.69, 9.17) is 5.26 Å². The van der Waals surface area contributed by atoms with E-state index in [9.17, 15) is 22.8 Å². The van der Waals surface area contributed by atoms with Crippen molar-refractivity contribution in [2.24, 2.45) is 5.92 Å². The van der Waals surface area contributed by atoms with Gasteiger partial charge in [-0.2, -0.15) is 23.5 Å². The van der Waals surface area contributed by atoms with Crippen LogP contribution in [-0.2, 0) is 11.3 Å². The Hall–Kier alpha value is -2.57. The Morgan fingerprint density at radius 2 is 2.21 bits per heavy atom. The van der Waals surface area contributed by atoms with E-state index in [2.05, 4.69) is 10.4 Å². The predicted molar refractivity (Wildman–Crippen MR) is 75.5 cm³/mol. The number of rotatable bonds is 4. The lowest BCUT2D eigenvalue weighted by Crippen LogP contribution is -2.42. The van der Waals surface area contributed by atoms with Crippen LogP contribution in [0.25, 0.3) is 0 Å². The van der Waals surface area contributed by atoms with Gasteiger partial charge in [-0.25, -0.2) is 0 Å². The van der Waals surface area contributed by atoms with Gasteiger partial charge < -0.3 is 10.2 Å². The van der Waals surface area contributed by atoms with Crippen LogP contribution < -0.4 is 5.32 Å². The molecule has 130 valence electrons. The Kier molecular flexibility index (Phi) is 5.11. The van der Waals surface area contributed by atoms with E-state index < -0.39 is 30.6 Å². The van der Waals surface area contributed by atoms with Crippen LogP contribution in [0.2, 0.25) is 0 Å². The number of halogens is 3. The van der Waals surface area contributed by atoms with Crippen molar-refractivity contribution in [3.63, 3.8) is 0 Å². The summed E-state index contributed by atoms with van der Waals surface area (Å²) in [7, 11) is 0. The fraction of sp³-hybridized carbons (Fsp3) is 0.571. The maximum Gasteiger partial charge on any atom is 0.408 e. The minimum atomic E-state index is -4.44. The van der Waals surface area contributed by atoms with Gasteiger partial charge in [-0.3, -0.25) is 14.3 Å². The van der Waals surface area contributed by atoms with E-state index in [0.29, 0.717) is 17.6 Å². The molecule has 0 saturated carbocycles. The van der Waals surface area contributed by atoms with Gasteiger partial charge in [0, 0.05) is 12.7 Å². The number of amides is 2. The van der Waals surface area contributed by atoms with Crippen molar-refractivity contribution < 1.29 is 22.8 Å². The number of hydrogen-bond acceptors (Lipinski definition) is 4. The van der Waals surface area contributed by atoms with Crippen LogP contribution in [0.4, 0.5) is 13.2 Å². The zero-order chi connectivity index (χ0) is 17.9. The number of hydrogen-bond donors (Lipinski definition) is 1. The molecule has 0 radical (unpaired) electrons. The standard InChI is InChI=1S/C14H16F3N5O2/c1-9-2-11(3-18)22(6-9)12(23)5-19-13(24)10-4-20-21(7-10)8-14(15,16)17/h4,7,9,11H,2,5-6,8H2,1H3,(H,19,24). The number of likely N-dealkylation sites (tertiary alicyclic amines) is 1. The lowest BCUT2D eigenvalue weighted by Gasteiger charge is -2.19. The minimum Gasteiger partial charge on any atom is -0.343 e. The topological polar surface area (TPSA) is 91.0 Å². The SMILES string of the molecule is CC1CC(C#N)N(C(=O)CNC(=O)c2cnn(CC(F)(F)F)c2)C1. The van der Waals surface area contributed by atoms with E-state index in [-0.39, 0.29) is 18.0 Å². The molecule has 0 aliphatic carbocycles. The molecule has 0 bridgehead atoms. The second-order valence-corrected chi connectivity index (χ2v) is 5.76. The van der Waals surface area contributed by atoms with Crippen molar-refractivity contribution >= 4 is 11.8 Å². The molecule has 2 rings (SSSR count). The Labute approximate surface area is 136 Å². The van der Waals surface area contributed by atoms with Gasteiger partial charge in [0.2, 0.25) is 5.91 Å². The van der Waals surface area contributed by atoms with Crippen LogP contribution >= 0.6 is 0 Å². The summed E-state index contributed by atoms with van der Waals surface area (Å²) < 4.78 is 37.3. The van der Waals surface area contributed by atoms with Gasteiger partial charge in [0.05, 0.1) is 24.4 Å². The largest absolute Gasteiger partial charge is 0.408 e. The van der Waals surface area contributed by atoms with Crippen molar-refractivity contribution in [2.45, 2.75) is 32.1 Å². The number of nitrogens with zero attached hydrogens (tertiary/aromatic N) is 4. The third-order valence-corrected chi connectivity index (χ3v) is 3.62. The van der Waals surface area contributed by atoms with Crippen molar-refractivity contribution in [3.8, 4) is 6.07 Å². The Morgan fingerprint density at radius 1 is 1.50 bits per heavy atom. The molecule has 1 N–H and O–H groups in total. The molecule has 2 atom stereocenters. The number of carbonyl (C=O) groups is 2. The molecule has 7 nitrogen and oxygen atoms in total. The van der Waals surface area contributed by atoms with Gasteiger partial charge in [-0.1, -0.05) is 6.92 Å². The summed E-state index contributed by atoms with van der Waals surface area (Å²) >= 11 is 0. The Balaban J connectivity index is 1.89. The van der Waals surface area contributed by atoms with Crippen LogP contribution in [0.1, 0.15) is 23.7 Å². The summed E-state index contributed by atoms with van der Waals surface area (Å²) in [4.78, 5) is 25.4. The molecule has 1 aliphatic heterocycles. The number of aromatic nitrogens is 2. The molecule has 0 spiro atoms. The zero-order valence-corrected chi connectivity index (χ0v) is 12.9. The molecule has 2 unspecified atom stereocenters. The molecule has 2 amide bonds. The molecule has 1 aromatic rings. The van der Waals surface area contributed by atoms with Gasteiger partial charge in [0.15, 0.2) is 0 Å². The molecule has 1 fully saturated rings. The maximum atomic E-state index is 12.2. The van der Waals surface area contributed by atoms with Crippen molar-refractivity contribution in [3.05, 3.63) is 18.0 Å². The lowest BCUT2D eigenvalue weighted by atomic mass is 10.1. The van der Waals surface area contributed by atoms with Gasteiger partial charge in [0.25, 0.3) is 5.91 Å². The minimum absolute atomic E-state index is 0.0707. The second kappa shape index (κ2) is 6.90. The first-order chi connectivity index (χ1) is 11.2. The van der Waals surface area contributed by atoms with Gasteiger partial charge >= 0.3 is 6.18 Å². The van der Waals surface area contributed by atoms with E-state index in [1.165, 1.54) is 4.90 Å². The summed E-state index contributed by atoms with van der Waals surface area (Å²) in [6.07, 6.45) is -1.89. The first kappa shape index (κ1) is 17.8. The van der Waals surface area contributed by atoms with Gasteiger partial charge in [0.1, 0.15) is 12.6 Å². The van der Waals surface area contributed by atoms with Gasteiger partial charge in [-0.15, -0.1) is 0 Å². The quantitative estimate of drug-likeness (QED) is 0.881. The third-order valence-electron chi connectivity index (χ3n) is 3.62. The maximum absolute atomic E-state index is 12.2. The molecule has 0 aromatic carbocycles. The molecule has 10 heteroatoms.